The fraction of sp³-hybridized carbons (Fsp3) is 0.269. The summed E-state index contributed by atoms with van der Waals surface area (Å²) in [5.74, 6) is -0.188. The number of anilines is 1. The number of hydrogen-bond donors (Lipinski definition) is 1. The molecule has 1 N–H and O–H groups in total. The summed E-state index contributed by atoms with van der Waals surface area (Å²) in [7, 11) is 1.50. The number of hydrogen-bond acceptors (Lipinski definition) is 5. The Balaban J connectivity index is 1.79. The number of nitrogens with one attached hydrogen (secondary N) is 1. The second-order valence-corrected chi connectivity index (χ2v) is 9.37. The lowest BCUT2D eigenvalue weighted by Gasteiger charge is -2.42. The molecule has 1 aliphatic rings. The summed E-state index contributed by atoms with van der Waals surface area (Å²) >= 11 is 1.54. The highest BCUT2D eigenvalue weighted by molar-refractivity contribution is 7.10. The van der Waals surface area contributed by atoms with Crippen LogP contribution in [0.5, 0.6) is 5.75 Å². The third kappa shape index (κ3) is 4.35. The number of benzene rings is 2. The number of carbonyl (C=O) groups excluding carboxylic acids is 2. The van der Waals surface area contributed by atoms with Crippen molar-refractivity contribution < 1.29 is 14.3 Å². The Kier molecular flexibility index (Phi) is 6.47. The minimum Gasteiger partial charge on any atom is -0.495 e. The van der Waals surface area contributed by atoms with E-state index in [1.54, 1.807) is 35.6 Å². The van der Waals surface area contributed by atoms with E-state index < -0.39 is 12.0 Å². The molecular weight excluding hydrogens is 434 g/mol. The monoisotopic (exact) mass is 459 g/mol. The van der Waals surface area contributed by atoms with E-state index in [0.29, 0.717) is 34.7 Å². The maximum atomic E-state index is 13.8. The molecular formula is C26H25N3O3S. The van der Waals surface area contributed by atoms with Crippen molar-refractivity contribution in [1.29, 1.82) is 5.26 Å². The molecule has 6 nitrogen and oxygen atoms in total. The van der Waals surface area contributed by atoms with E-state index in [4.69, 9.17) is 4.74 Å². The Morgan fingerprint density at radius 2 is 2.00 bits per heavy atom. The predicted octanol–water partition coefficient (Wildman–Crippen LogP) is 5.20. The summed E-state index contributed by atoms with van der Waals surface area (Å²) in [6.45, 7) is 4.67. The molecule has 2 atom stereocenters. The molecule has 168 valence electrons. The molecule has 0 saturated carbocycles. The highest BCUT2D eigenvalue weighted by atomic mass is 32.1. The lowest BCUT2D eigenvalue weighted by Crippen LogP contribution is -2.47. The van der Waals surface area contributed by atoms with Gasteiger partial charge < -0.3 is 15.0 Å². The largest absolute Gasteiger partial charge is 0.495 e. The van der Waals surface area contributed by atoms with Crippen LogP contribution in [0.15, 0.2) is 60.0 Å². The Hall–Kier alpha value is -3.63. The third-order valence-corrected chi connectivity index (χ3v) is 6.65. The van der Waals surface area contributed by atoms with Crippen LogP contribution in [-0.4, -0.2) is 30.4 Å². The van der Waals surface area contributed by atoms with Gasteiger partial charge >= 0.3 is 0 Å². The molecule has 3 aromatic rings. The van der Waals surface area contributed by atoms with Crippen molar-refractivity contribution in [3.63, 3.8) is 0 Å². The first-order valence-electron chi connectivity index (χ1n) is 10.8. The second-order valence-electron chi connectivity index (χ2n) is 8.39. The molecule has 2 heterocycles. The zero-order valence-electron chi connectivity index (χ0n) is 18.7. The quantitative estimate of drug-likeness (QED) is 0.549. The molecule has 33 heavy (non-hydrogen) atoms. The van der Waals surface area contributed by atoms with E-state index >= 15 is 0 Å². The fourth-order valence-corrected chi connectivity index (χ4v) is 5.21. The van der Waals surface area contributed by atoms with Crippen molar-refractivity contribution in [2.75, 3.05) is 19.0 Å². The van der Waals surface area contributed by atoms with Crippen molar-refractivity contribution in [3.8, 4) is 11.8 Å². The van der Waals surface area contributed by atoms with E-state index in [1.165, 1.54) is 7.11 Å². The lowest BCUT2D eigenvalue weighted by molar-refractivity contribution is -0.119. The van der Waals surface area contributed by atoms with Crippen LogP contribution in [0.4, 0.5) is 5.69 Å². The van der Waals surface area contributed by atoms with Gasteiger partial charge in [0.05, 0.1) is 24.6 Å². The number of carbonyl (C=O) groups is 2. The van der Waals surface area contributed by atoms with Gasteiger partial charge in [-0.25, -0.2) is 0 Å². The van der Waals surface area contributed by atoms with E-state index in [2.05, 4.69) is 25.2 Å². The lowest BCUT2D eigenvalue weighted by atomic mass is 9.81. The number of thiophene rings is 1. The maximum absolute atomic E-state index is 13.8. The molecule has 2 aromatic carbocycles. The predicted molar refractivity (Wildman–Crippen MR) is 128 cm³/mol. The Bertz CT molecular complexity index is 1210. The van der Waals surface area contributed by atoms with Gasteiger partial charge in [-0.3, -0.25) is 9.59 Å². The Morgan fingerprint density at radius 1 is 1.21 bits per heavy atom. The number of ether oxygens (including phenoxy) is 1. The fourth-order valence-electron chi connectivity index (χ4n) is 4.34. The van der Waals surface area contributed by atoms with Gasteiger partial charge in [-0.15, -0.1) is 11.3 Å². The minimum atomic E-state index is -0.594. The molecule has 0 unspecified atom stereocenters. The van der Waals surface area contributed by atoms with Crippen LogP contribution in [0, 0.1) is 17.2 Å². The summed E-state index contributed by atoms with van der Waals surface area (Å²) in [5.41, 5.74) is 2.11. The number of fused-ring (bicyclic) bond motifs is 1. The second kappa shape index (κ2) is 9.47. The summed E-state index contributed by atoms with van der Waals surface area (Å²) < 4.78 is 5.21. The van der Waals surface area contributed by atoms with Crippen molar-refractivity contribution in [2.45, 2.75) is 25.8 Å². The minimum absolute atomic E-state index is 0.0574. The molecule has 4 rings (SSSR count). The number of rotatable bonds is 6. The van der Waals surface area contributed by atoms with Crippen molar-refractivity contribution in [1.82, 2.24) is 4.90 Å². The van der Waals surface area contributed by atoms with Gasteiger partial charge in [0.25, 0.3) is 5.91 Å². The van der Waals surface area contributed by atoms with Crippen molar-refractivity contribution in [3.05, 3.63) is 81.5 Å². The average molecular weight is 460 g/mol. The van der Waals surface area contributed by atoms with Gasteiger partial charge in [-0.2, -0.15) is 5.26 Å². The highest BCUT2D eigenvalue weighted by Gasteiger charge is 2.44. The Morgan fingerprint density at radius 3 is 2.67 bits per heavy atom. The molecule has 7 heteroatoms. The van der Waals surface area contributed by atoms with Gasteiger partial charge in [0, 0.05) is 22.7 Å². The first kappa shape index (κ1) is 22.6. The average Bonchev–Trinajstić information content (AvgIpc) is 3.34. The molecule has 1 aromatic heterocycles. The standard InChI is InChI=1S/C26H25N3O3S/c1-16(2)15-29-24(22-9-6-12-33-22)23(19-7-4-5-8-20(19)26(29)31)25(30)28-18-10-11-21(32-3)17(13-18)14-27/h4-13,16,23-24H,15H2,1-3H3,(H,28,30)/t23-,24+/m0/s1. The molecule has 0 fully saturated rings. The zero-order chi connectivity index (χ0) is 23.5. The van der Waals surface area contributed by atoms with Gasteiger partial charge in [0.2, 0.25) is 5.91 Å². The van der Waals surface area contributed by atoms with Gasteiger partial charge in [-0.1, -0.05) is 38.1 Å². The van der Waals surface area contributed by atoms with Crippen LogP contribution in [0.3, 0.4) is 0 Å². The summed E-state index contributed by atoms with van der Waals surface area (Å²) in [6, 6.07) is 17.9. The summed E-state index contributed by atoms with van der Waals surface area (Å²) in [5, 5.41) is 14.4. The number of nitrogens with zero attached hydrogens (tertiary/aromatic N) is 2. The Labute approximate surface area is 197 Å². The first-order valence-corrected chi connectivity index (χ1v) is 11.6. The van der Waals surface area contributed by atoms with E-state index in [-0.39, 0.29) is 17.7 Å². The molecule has 0 bridgehead atoms. The van der Waals surface area contributed by atoms with Gasteiger partial charge in [-0.05, 0) is 47.2 Å². The molecule has 0 radical (unpaired) electrons. The van der Waals surface area contributed by atoms with Crippen LogP contribution in [-0.2, 0) is 4.79 Å². The zero-order valence-corrected chi connectivity index (χ0v) is 19.6. The summed E-state index contributed by atoms with van der Waals surface area (Å²) in [4.78, 5) is 30.1. The molecule has 0 spiro atoms. The van der Waals surface area contributed by atoms with Crippen LogP contribution in [0.2, 0.25) is 0 Å². The highest BCUT2D eigenvalue weighted by Crippen LogP contribution is 2.45. The topological polar surface area (TPSA) is 82.4 Å². The number of methoxy groups -OCH3 is 1. The van der Waals surface area contributed by atoms with Gasteiger partial charge in [0.1, 0.15) is 11.8 Å². The molecule has 1 aliphatic heterocycles. The molecule has 0 aliphatic carbocycles. The first-order chi connectivity index (χ1) is 15.9. The van der Waals surface area contributed by atoms with Crippen molar-refractivity contribution in [2.24, 2.45) is 5.92 Å². The van der Waals surface area contributed by atoms with Crippen LogP contribution in [0.25, 0.3) is 0 Å². The number of amides is 2. The van der Waals surface area contributed by atoms with Crippen LogP contribution >= 0.6 is 11.3 Å². The van der Waals surface area contributed by atoms with E-state index in [0.717, 1.165) is 4.88 Å². The van der Waals surface area contributed by atoms with Gasteiger partial charge in [0.15, 0.2) is 0 Å². The molecule has 2 amide bonds. The molecule has 0 saturated heterocycles. The van der Waals surface area contributed by atoms with E-state index in [1.807, 2.05) is 40.6 Å². The van der Waals surface area contributed by atoms with E-state index in [9.17, 15) is 14.9 Å². The third-order valence-electron chi connectivity index (χ3n) is 5.71. The SMILES string of the molecule is COc1ccc(NC(=O)[C@H]2c3ccccc3C(=O)N(CC(C)C)[C@@H]2c2cccs2)cc1C#N. The van der Waals surface area contributed by atoms with Crippen molar-refractivity contribution >= 4 is 28.8 Å². The smallest absolute Gasteiger partial charge is 0.254 e. The van der Waals surface area contributed by atoms with Crippen LogP contribution < -0.4 is 10.1 Å². The maximum Gasteiger partial charge on any atom is 0.254 e. The summed E-state index contributed by atoms with van der Waals surface area (Å²) in [6.07, 6.45) is 0. The van der Waals surface area contributed by atoms with Crippen LogP contribution in [0.1, 0.15) is 52.2 Å². The number of nitriles is 1. The normalized spacial score (nSPS) is 17.4.